The van der Waals surface area contributed by atoms with Gasteiger partial charge in [-0.2, -0.15) is 0 Å². The van der Waals surface area contributed by atoms with Gasteiger partial charge >= 0.3 is 0 Å². The van der Waals surface area contributed by atoms with E-state index in [-0.39, 0.29) is 0 Å². The maximum absolute atomic E-state index is 5.85. The van der Waals surface area contributed by atoms with Crippen LogP contribution in [0.15, 0.2) is 40.8 Å². The lowest BCUT2D eigenvalue weighted by atomic mass is 10.1. The van der Waals surface area contributed by atoms with E-state index < -0.39 is 0 Å². The Morgan fingerprint density at radius 3 is 2.83 bits per heavy atom. The van der Waals surface area contributed by atoms with Crippen molar-refractivity contribution in [1.29, 1.82) is 0 Å². The first-order chi connectivity index (χ1) is 8.86. The molecule has 1 aromatic heterocycles. The Labute approximate surface area is 107 Å². The normalized spacial score (nSPS) is 14.7. The highest BCUT2D eigenvalue weighted by Gasteiger charge is 2.20. The molecule has 1 saturated carbocycles. The van der Waals surface area contributed by atoms with E-state index in [1.807, 2.05) is 36.4 Å². The number of hydrogen-bond acceptors (Lipinski definition) is 3. The van der Waals surface area contributed by atoms with Gasteiger partial charge in [0.15, 0.2) is 0 Å². The van der Waals surface area contributed by atoms with Crippen molar-refractivity contribution in [3.63, 3.8) is 0 Å². The van der Waals surface area contributed by atoms with E-state index in [0.29, 0.717) is 6.04 Å². The van der Waals surface area contributed by atoms with E-state index in [9.17, 15) is 0 Å². The summed E-state index contributed by atoms with van der Waals surface area (Å²) in [7, 11) is 1.68. The van der Waals surface area contributed by atoms with Crippen molar-refractivity contribution in [2.75, 3.05) is 7.11 Å². The molecule has 1 aliphatic rings. The average molecular weight is 243 g/mol. The monoisotopic (exact) mass is 243 g/mol. The lowest BCUT2D eigenvalue weighted by molar-refractivity contribution is 0.413. The second kappa shape index (κ2) is 4.86. The molecule has 0 aliphatic heterocycles. The second-order valence-corrected chi connectivity index (χ2v) is 4.62. The standard InChI is InChI=1S/C15H17NO2/c1-17-14-5-3-2-4-13(14)15-9-8-12(18-15)10-16-11-6-7-11/h2-5,8-9,11,16H,6-7,10H2,1H3. The lowest BCUT2D eigenvalue weighted by Gasteiger charge is -2.05. The van der Waals surface area contributed by atoms with Crippen molar-refractivity contribution in [2.45, 2.75) is 25.4 Å². The van der Waals surface area contributed by atoms with Crippen LogP contribution in [0.25, 0.3) is 11.3 Å². The van der Waals surface area contributed by atoms with Crippen LogP contribution < -0.4 is 10.1 Å². The Kier molecular flexibility index (Phi) is 3.07. The Hall–Kier alpha value is -1.74. The zero-order valence-corrected chi connectivity index (χ0v) is 10.5. The van der Waals surface area contributed by atoms with E-state index in [0.717, 1.165) is 29.4 Å². The fraction of sp³-hybridized carbons (Fsp3) is 0.333. The SMILES string of the molecule is COc1ccccc1-c1ccc(CNC2CC2)o1. The van der Waals surface area contributed by atoms with E-state index in [4.69, 9.17) is 9.15 Å². The third-order valence-electron chi connectivity index (χ3n) is 3.18. The summed E-state index contributed by atoms with van der Waals surface area (Å²) < 4.78 is 11.2. The highest BCUT2D eigenvalue weighted by molar-refractivity contribution is 5.65. The van der Waals surface area contributed by atoms with Crippen LogP contribution in [0, 0.1) is 0 Å². The zero-order chi connectivity index (χ0) is 12.4. The molecule has 1 N–H and O–H groups in total. The molecule has 0 atom stereocenters. The average Bonchev–Trinajstić information content (AvgIpc) is 3.13. The molecular weight excluding hydrogens is 226 g/mol. The maximum atomic E-state index is 5.85. The summed E-state index contributed by atoms with van der Waals surface area (Å²) in [6.45, 7) is 0.805. The number of rotatable bonds is 5. The summed E-state index contributed by atoms with van der Waals surface area (Å²) in [4.78, 5) is 0. The number of benzene rings is 1. The molecule has 18 heavy (non-hydrogen) atoms. The molecule has 0 radical (unpaired) electrons. The number of furan rings is 1. The summed E-state index contributed by atoms with van der Waals surface area (Å²) in [6.07, 6.45) is 2.58. The fourth-order valence-corrected chi connectivity index (χ4v) is 2.00. The maximum Gasteiger partial charge on any atom is 0.138 e. The van der Waals surface area contributed by atoms with Crippen LogP contribution in [0.4, 0.5) is 0 Å². The van der Waals surface area contributed by atoms with Gasteiger partial charge in [0.05, 0.1) is 19.2 Å². The number of hydrogen-bond donors (Lipinski definition) is 1. The predicted octanol–water partition coefficient (Wildman–Crippen LogP) is 3.21. The van der Waals surface area contributed by atoms with Crippen LogP contribution in [0.2, 0.25) is 0 Å². The molecule has 0 amide bonds. The summed E-state index contributed by atoms with van der Waals surface area (Å²) in [5, 5.41) is 3.44. The van der Waals surface area contributed by atoms with Crippen molar-refractivity contribution in [2.24, 2.45) is 0 Å². The van der Waals surface area contributed by atoms with Crippen molar-refractivity contribution in [3.8, 4) is 17.1 Å². The predicted molar refractivity (Wildman–Crippen MR) is 70.6 cm³/mol. The first-order valence-corrected chi connectivity index (χ1v) is 6.32. The van der Waals surface area contributed by atoms with Gasteiger partial charge in [-0.3, -0.25) is 0 Å². The van der Waals surface area contributed by atoms with Gasteiger partial charge in [-0.1, -0.05) is 12.1 Å². The Balaban J connectivity index is 1.78. The van der Waals surface area contributed by atoms with Crippen LogP contribution in [-0.2, 0) is 6.54 Å². The molecule has 1 fully saturated rings. The highest BCUT2D eigenvalue weighted by Crippen LogP contribution is 2.31. The van der Waals surface area contributed by atoms with Gasteiger partial charge in [0.2, 0.25) is 0 Å². The fourth-order valence-electron chi connectivity index (χ4n) is 2.00. The summed E-state index contributed by atoms with van der Waals surface area (Å²) in [5.74, 6) is 2.68. The van der Waals surface area contributed by atoms with Crippen molar-refractivity contribution in [1.82, 2.24) is 5.32 Å². The molecule has 3 nitrogen and oxygen atoms in total. The smallest absolute Gasteiger partial charge is 0.138 e. The summed E-state index contributed by atoms with van der Waals surface area (Å²) in [6, 6.07) is 12.6. The number of para-hydroxylation sites is 1. The van der Waals surface area contributed by atoms with Gasteiger partial charge in [-0.05, 0) is 37.1 Å². The van der Waals surface area contributed by atoms with Crippen LogP contribution in [0.5, 0.6) is 5.75 Å². The highest BCUT2D eigenvalue weighted by atomic mass is 16.5. The molecule has 1 aromatic carbocycles. The van der Waals surface area contributed by atoms with Crippen molar-refractivity contribution >= 4 is 0 Å². The Morgan fingerprint density at radius 2 is 2.06 bits per heavy atom. The van der Waals surface area contributed by atoms with Crippen LogP contribution >= 0.6 is 0 Å². The van der Waals surface area contributed by atoms with Crippen LogP contribution in [0.3, 0.4) is 0 Å². The third kappa shape index (κ3) is 2.41. The van der Waals surface area contributed by atoms with Crippen LogP contribution in [-0.4, -0.2) is 13.2 Å². The largest absolute Gasteiger partial charge is 0.496 e. The topological polar surface area (TPSA) is 34.4 Å². The molecule has 0 saturated heterocycles. The van der Waals surface area contributed by atoms with E-state index >= 15 is 0 Å². The minimum Gasteiger partial charge on any atom is -0.496 e. The van der Waals surface area contributed by atoms with Gasteiger partial charge in [-0.15, -0.1) is 0 Å². The summed E-state index contributed by atoms with van der Waals surface area (Å²) in [5.41, 5.74) is 0.998. The zero-order valence-electron chi connectivity index (χ0n) is 10.5. The Bertz CT molecular complexity index is 529. The van der Waals surface area contributed by atoms with Gasteiger partial charge in [-0.25, -0.2) is 0 Å². The molecule has 0 bridgehead atoms. The van der Waals surface area contributed by atoms with Gasteiger partial charge in [0.1, 0.15) is 17.3 Å². The lowest BCUT2D eigenvalue weighted by Crippen LogP contribution is -2.14. The van der Waals surface area contributed by atoms with E-state index in [2.05, 4.69) is 5.32 Å². The quantitative estimate of drug-likeness (QED) is 0.875. The Morgan fingerprint density at radius 1 is 1.22 bits per heavy atom. The molecule has 1 heterocycles. The number of nitrogens with one attached hydrogen (secondary N) is 1. The number of ether oxygens (including phenoxy) is 1. The van der Waals surface area contributed by atoms with Gasteiger partial charge in [0.25, 0.3) is 0 Å². The summed E-state index contributed by atoms with van der Waals surface area (Å²) >= 11 is 0. The third-order valence-corrected chi connectivity index (χ3v) is 3.18. The van der Waals surface area contributed by atoms with Gasteiger partial charge < -0.3 is 14.5 Å². The van der Waals surface area contributed by atoms with Crippen LogP contribution in [0.1, 0.15) is 18.6 Å². The minimum atomic E-state index is 0.699. The molecule has 0 spiro atoms. The molecule has 3 heteroatoms. The second-order valence-electron chi connectivity index (χ2n) is 4.62. The van der Waals surface area contributed by atoms with Gasteiger partial charge in [0, 0.05) is 6.04 Å². The molecule has 0 unspecified atom stereocenters. The first-order valence-electron chi connectivity index (χ1n) is 6.32. The number of methoxy groups -OCH3 is 1. The van der Waals surface area contributed by atoms with Crippen molar-refractivity contribution < 1.29 is 9.15 Å². The minimum absolute atomic E-state index is 0.699. The molecule has 2 aromatic rings. The van der Waals surface area contributed by atoms with E-state index in [1.165, 1.54) is 12.8 Å². The van der Waals surface area contributed by atoms with Crippen molar-refractivity contribution in [3.05, 3.63) is 42.2 Å². The molecule has 94 valence electrons. The first kappa shape index (κ1) is 11.4. The molecular formula is C15H17NO2. The van der Waals surface area contributed by atoms with E-state index in [1.54, 1.807) is 7.11 Å². The molecule has 1 aliphatic carbocycles. The molecule has 3 rings (SSSR count).